The average Bonchev–Trinajstić information content (AvgIpc) is 3.07. The number of hydrogen-bond donors (Lipinski definition) is 2. The fourth-order valence-corrected chi connectivity index (χ4v) is 6.24. The van der Waals surface area contributed by atoms with Crippen LogP contribution in [0.4, 0.5) is 24.9 Å². The monoisotopic (exact) mass is 553 g/mol. The first-order valence-corrected chi connectivity index (χ1v) is 13.7. The van der Waals surface area contributed by atoms with Gasteiger partial charge >= 0.3 is 16.4 Å². The zero-order valence-electron chi connectivity index (χ0n) is 19.7. The number of hydrogen-bond acceptors (Lipinski definition) is 8. The number of aryl methyl sites for hydroxylation is 1. The number of carbonyl (C=O) groups is 1. The van der Waals surface area contributed by atoms with Gasteiger partial charge in [-0.1, -0.05) is 6.07 Å². The summed E-state index contributed by atoms with van der Waals surface area (Å²) in [5.41, 5.74) is -0.832. The number of sulfonamides is 1. The number of anilines is 2. The molecule has 1 saturated heterocycles. The predicted molar refractivity (Wildman–Crippen MR) is 124 cm³/mol. The van der Waals surface area contributed by atoms with Crippen molar-refractivity contribution >= 4 is 37.8 Å². The average molecular weight is 554 g/mol. The van der Waals surface area contributed by atoms with Gasteiger partial charge in [-0.2, -0.15) is 30.9 Å². The molecule has 1 atom stereocenters. The number of amides is 1. The Morgan fingerprint density at radius 2 is 1.86 bits per heavy atom. The van der Waals surface area contributed by atoms with Crippen LogP contribution in [0.2, 0.25) is 0 Å². The van der Waals surface area contributed by atoms with E-state index in [4.69, 9.17) is 4.42 Å². The number of halogens is 3. The van der Waals surface area contributed by atoms with Gasteiger partial charge in [0.1, 0.15) is 6.26 Å². The van der Waals surface area contributed by atoms with Crippen LogP contribution in [0.5, 0.6) is 0 Å². The lowest BCUT2D eigenvalue weighted by molar-refractivity contribution is -0.137. The van der Waals surface area contributed by atoms with E-state index in [2.05, 4.69) is 10.3 Å². The van der Waals surface area contributed by atoms with Gasteiger partial charge in [-0.3, -0.25) is 4.79 Å². The van der Waals surface area contributed by atoms with Gasteiger partial charge in [0.15, 0.2) is 5.69 Å². The molecule has 0 bridgehead atoms. The molecule has 0 spiro atoms. The number of carbonyl (C=O) groups excluding carboxylic acids is 1. The van der Waals surface area contributed by atoms with Crippen molar-refractivity contribution in [3.63, 3.8) is 0 Å². The molecule has 11 nitrogen and oxygen atoms in total. The van der Waals surface area contributed by atoms with Gasteiger partial charge in [0.2, 0.25) is 10.0 Å². The predicted octanol–water partition coefficient (Wildman–Crippen LogP) is 2.47. The summed E-state index contributed by atoms with van der Waals surface area (Å²) in [7, 11) is -5.07. The Balaban J connectivity index is 1.68. The lowest BCUT2D eigenvalue weighted by Gasteiger charge is -2.21. The van der Waals surface area contributed by atoms with Crippen molar-refractivity contribution in [2.45, 2.75) is 37.6 Å². The highest BCUT2D eigenvalue weighted by Crippen LogP contribution is 2.33. The molecular formula is C20H26F3N5O6S2. The topological polar surface area (TPSA) is 142 Å². The first-order chi connectivity index (χ1) is 16.6. The molecule has 0 saturated carbocycles. The minimum atomic E-state index is -4.57. The molecule has 0 radical (unpaired) electrons. The van der Waals surface area contributed by atoms with Crippen molar-refractivity contribution in [3.05, 3.63) is 41.3 Å². The second-order valence-electron chi connectivity index (χ2n) is 8.41. The first-order valence-electron chi connectivity index (χ1n) is 10.7. The molecule has 2 aromatic rings. The van der Waals surface area contributed by atoms with Gasteiger partial charge in [-0.05, 0) is 43.9 Å². The Morgan fingerprint density at radius 1 is 1.17 bits per heavy atom. The Hall–Kier alpha value is -2.69. The molecule has 1 unspecified atom stereocenters. The molecule has 1 aliphatic rings. The maximum atomic E-state index is 13.0. The molecule has 1 amide bonds. The molecule has 3 rings (SSSR count). The van der Waals surface area contributed by atoms with E-state index in [1.54, 1.807) is 6.92 Å². The van der Waals surface area contributed by atoms with Gasteiger partial charge in [0.05, 0.1) is 10.8 Å². The van der Waals surface area contributed by atoms with Crippen molar-refractivity contribution in [2.75, 3.05) is 32.5 Å². The summed E-state index contributed by atoms with van der Waals surface area (Å²) in [4.78, 5) is 16.3. The largest absolute Gasteiger partial charge is 0.431 e. The summed E-state index contributed by atoms with van der Waals surface area (Å²) in [5.74, 6) is -1.12. The van der Waals surface area contributed by atoms with Crippen LogP contribution in [0.1, 0.15) is 40.9 Å². The Morgan fingerprint density at radius 3 is 2.50 bits per heavy atom. The molecule has 2 heterocycles. The normalized spacial score (nSPS) is 18.1. The van der Waals surface area contributed by atoms with Crippen molar-refractivity contribution in [2.24, 2.45) is 0 Å². The lowest BCUT2D eigenvalue weighted by Crippen LogP contribution is -2.44. The van der Waals surface area contributed by atoms with Gasteiger partial charge < -0.3 is 9.73 Å². The molecule has 1 aliphatic heterocycles. The third-order valence-electron chi connectivity index (χ3n) is 5.67. The molecule has 0 aliphatic carbocycles. The van der Waals surface area contributed by atoms with Crippen molar-refractivity contribution in [1.82, 2.24) is 18.3 Å². The van der Waals surface area contributed by atoms with Crippen LogP contribution in [0.3, 0.4) is 0 Å². The highest BCUT2D eigenvalue weighted by molar-refractivity contribution is 7.89. The summed E-state index contributed by atoms with van der Waals surface area (Å²) in [6.45, 7) is 1.46. The highest BCUT2D eigenvalue weighted by Gasteiger charge is 2.34. The fraction of sp³-hybridized carbons (Fsp3) is 0.500. The highest BCUT2D eigenvalue weighted by atomic mass is 32.2. The van der Waals surface area contributed by atoms with Gasteiger partial charge in [0, 0.05) is 32.9 Å². The third kappa shape index (κ3) is 6.35. The molecule has 2 N–H and O–H groups in total. The zero-order valence-corrected chi connectivity index (χ0v) is 21.3. The molecule has 1 aromatic carbocycles. The van der Waals surface area contributed by atoms with Crippen LogP contribution in [0.15, 0.2) is 28.9 Å². The summed E-state index contributed by atoms with van der Waals surface area (Å²) in [6.07, 6.45) is -3.10. The van der Waals surface area contributed by atoms with Gasteiger partial charge in [-0.15, -0.1) is 0 Å². The molecular weight excluding hydrogens is 527 g/mol. The standard InChI is InChI=1S/C20H26F3N5O6S2/c1-13-6-7-14(20(21,22)23)11-16(13)24-19-25-17(12-34-19)18(29)26-36(32,33)28-9-4-5-15(8-10-28)35(30,31)27(2)3/h6-7,11-12,15H,4-5,8-10H2,1-3H3,(H,24,25)(H,26,29). The van der Waals surface area contributed by atoms with Crippen LogP contribution >= 0.6 is 0 Å². The molecule has 16 heteroatoms. The number of nitrogens with zero attached hydrogens (tertiary/aromatic N) is 3. The summed E-state index contributed by atoms with van der Waals surface area (Å²) in [6, 6.07) is 2.71. The maximum absolute atomic E-state index is 13.0. The van der Waals surface area contributed by atoms with Crippen molar-refractivity contribution in [1.29, 1.82) is 0 Å². The van der Waals surface area contributed by atoms with Crippen molar-refractivity contribution in [3.8, 4) is 0 Å². The second-order valence-corrected chi connectivity index (χ2v) is 12.5. The number of aromatic nitrogens is 1. The third-order valence-corrected chi connectivity index (χ3v) is 9.49. The first kappa shape index (κ1) is 27.9. The number of benzene rings is 1. The minimum absolute atomic E-state index is 0.0164. The van der Waals surface area contributed by atoms with Gasteiger partial charge in [-0.25, -0.2) is 17.4 Å². The number of nitrogens with one attached hydrogen (secondary N) is 2. The van der Waals surface area contributed by atoms with Crippen LogP contribution in [0.25, 0.3) is 0 Å². The maximum Gasteiger partial charge on any atom is 0.416 e. The smallest absolute Gasteiger partial charge is 0.416 e. The summed E-state index contributed by atoms with van der Waals surface area (Å²) in [5, 5.41) is 1.80. The number of alkyl halides is 3. The van der Waals surface area contributed by atoms with E-state index in [9.17, 15) is 34.8 Å². The quantitative estimate of drug-likeness (QED) is 0.533. The van der Waals surface area contributed by atoms with E-state index in [-0.39, 0.29) is 44.1 Å². The van der Waals surface area contributed by atoms with E-state index in [1.165, 1.54) is 20.2 Å². The summed E-state index contributed by atoms with van der Waals surface area (Å²) < 4.78 is 98.2. The van der Waals surface area contributed by atoms with Crippen LogP contribution in [-0.2, 0) is 26.4 Å². The van der Waals surface area contributed by atoms with E-state index < -0.39 is 48.8 Å². The van der Waals surface area contributed by atoms with Crippen LogP contribution in [-0.4, -0.2) is 68.8 Å². The second kappa shape index (κ2) is 10.4. The van der Waals surface area contributed by atoms with Crippen LogP contribution in [0, 0.1) is 6.92 Å². The molecule has 200 valence electrons. The van der Waals surface area contributed by atoms with E-state index in [0.29, 0.717) is 5.56 Å². The molecule has 1 fully saturated rings. The number of rotatable bonds is 7. The van der Waals surface area contributed by atoms with E-state index in [0.717, 1.165) is 27.0 Å². The lowest BCUT2D eigenvalue weighted by atomic mass is 10.1. The minimum Gasteiger partial charge on any atom is -0.431 e. The summed E-state index contributed by atoms with van der Waals surface area (Å²) >= 11 is 0. The van der Waals surface area contributed by atoms with E-state index >= 15 is 0 Å². The Labute approximate surface area is 206 Å². The van der Waals surface area contributed by atoms with Gasteiger partial charge in [0.25, 0.3) is 11.9 Å². The molecule has 36 heavy (non-hydrogen) atoms. The number of oxazole rings is 1. The zero-order chi connectivity index (χ0) is 26.9. The van der Waals surface area contributed by atoms with Crippen molar-refractivity contribution < 1.29 is 39.2 Å². The SMILES string of the molecule is Cc1ccc(C(F)(F)F)cc1Nc1nc(C(=O)NS(=O)(=O)N2CCCC(S(=O)(=O)N(C)C)CC2)co1. The fourth-order valence-electron chi connectivity index (χ4n) is 3.59. The van der Waals surface area contributed by atoms with Crippen LogP contribution < -0.4 is 10.0 Å². The Kier molecular flexibility index (Phi) is 8.02. The Bertz CT molecular complexity index is 1330. The van der Waals surface area contributed by atoms with E-state index in [1.807, 2.05) is 4.72 Å². The molecule has 1 aromatic heterocycles.